The fourth-order valence-corrected chi connectivity index (χ4v) is 3.73. The fraction of sp³-hybridized carbons (Fsp3) is 0.500. The Morgan fingerprint density at radius 3 is 2.88 bits per heavy atom. The van der Waals surface area contributed by atoms with Gasteiger partial charge < -0.3 is 4.90 Å². The van der Waals surface area contributed by atoms with Crippen LogP contribution in [-0.2, 0) is 6.54 Å². The molecule has 1 saturated heterocycles. The molecular weight excluding hydrogens is 324 g/mol. The van der Waals surface area contributed by atoms with E-state index in [0.29, 0.717) is 16.8 Å². The molecule has 0 unspecified atom stereocenters. The predicted molar refractivity (Wildman–Crippen MR) is 94.1 cm³/mol. The second kappa shape index (κ2) is 6.93. The molecule has 1 fully saturated rings. The lowest BCUT2D eigenvalue weighted by atomic mass is 10.1. The van der Waals surface area contributed by atoms with Crippen molar-refractivity contribution in [2.75, 3.05) is 6.54 Å². The Hall–Kier alpha value is -1.88. The Bertz CT molecular complexity index is 726. The normalized spacial score (nSPS) is 17.7. The van der Waals surface area contributed by atoms with E-state index in [-0.39, 0.29) is 11.9 Å². The van der Waals surface area contributed by atoms with Gasteiger partial charge >= 0.3 is 0 Å². The van der Waals surface area contributed by atoms with Crippen molar-refractivity contribution in [2.24, 2.45) is 5.92 Å². The van der Waals surface area contributed by atoms with Gasteiger partial charge in [0.15, 0.2) is 0 Å². The Morgan fingerprint density at radius 1 is 1.42 bits per heavy atom. The summed E-state index contributed by atoms with van der Waals surface area (Å²) in [5.41, 5.74) is 2.37. The van der Waals surface area contributed by atoms with E-state index in [9.17, 15) is 4.79 Å². The van der Waals surface area contributed by atoms with Crippen LogP contribution in [0.3, 0.4) is 0 Å². The number of pyridine rings is 1. The average molecular weight is 347 g/mol. The molecule has 1 aliphatic heterocycles. The van der Waals surface area contributed by atoms with Crippen molar-refractivity contribution in [1.82, 2.24) is 19.7 Å². The van der Waals surface area contributed by atoms with Crippen LogP contribution in [0.2, 0.25) is 5.15 Å². The minimum Gasteiger partial charge on any atom is -0.330 e. The van der Waals surface area contributed by atoms with Crippen molar-refractivity contribution in [1.29, 1.82) is 0 Å². The maximum atomic E-state index is 12.8. The number of nitrogens with zero attached hydrogens (tertiary/aromatic N) is 4. The molecule has 0 radical (unpaired) electrons. The van der Waals surface area contributed by atoms with Gasteiger partial charge in [-0.15, -0.1) is 0 Å². The second-order valence-electron chi connectivity index (χ2n) is 6.74. The average Bonchev–Trinajstić information content (AvgIpc) is 3.12. The third-order valence-corrected chi connectivity index (χ3v) is 4.78. The number of carbonyl (C=O) groups excluding carboxylic acids is 1. The highest BCUT2D eigenvalue weighted by Gasteiger charge is 2.35. The Balaban J connectivity index is 1.91. The molecule has 0 aromatic carbocycles. The van der Waals surface area contributed by atoms with Crippen LogP contribution in [0.25, 0.3) is 0 Å². The quantitative estimate of drug-likeness (QED) is 0.844. The Labute approximate surface area is 147 Å². The number of aryl methyl sites for hydroxylation is 1. The van der Waals surface area contributed by atoms with E-state index in [1.807, 2.05) is 28.6 Å². The van der Waals surface area contributed by atoms with Gasteiger partial charge in [0, 0.05) is 24.8 Å². The summed E-state index contributed by atoms with van der Waals surface area (Å²) in [5, 5.41) is 5.25. The topological polar surface area (TPSA) is 51.0 Å². The summed E-state index contributed by atoms with van der Waals surface area (Å²) < 4.78 is 1.86. The number of rotatable bonds is 4. The van der Waals surface area contributed by atoms with Crippen LogP contribution < -0.4 is 0 Å². The van der Waals surface area contributed by atoms with E-state index in [1.165, 1.54) is 0 Å². The minimum atomic E-state index is -0.0369. The highest BCUT2D eigenvalue weighted by molar-refractivity contribution is 6.30. The molecule has 3 rings (SSSR count). The van der Waals surface area contributed by atoms with Gasteiger partial charge in [-0.2, -0.15) is 5.10 Å². The van der Waals surface area contributed by atoms with E-state index in [0.717, 1.165) is 37.2 Å². The zero-order chi connectivity index (χ0) is 17.3. The molecule has 0 spiro atoms. The molecule has 1 amide bonds. The summed E-state index contributed by atoms with van der Waals surface area (Å²) in [6.07, 6.45) is 3.53. The fourth-order valence-electron chi connectivity index (χ4n) is 3.36. The lowest BCUT2D eigenvalue weighted by molar-refractivity contribution is 0.0729. The molecule has 6 heteroatoms. The maximum Gasteiger partial charge on any atom is 0.272 e. The summed E-state index contributed by atoms with van der Waals surface area (Å²) in [6, 6.07) is 5.39. The van der Waals surface area contributed by atoms with E-state index in [2.05, 4.69) is 23.9 Å². The molecule has 2 aromatic heterocycles. The number of amides is 1. The molecule has 0 aliphatic carbocycles. The highest BCUT2D eigenvalue weighted by atomic mass is 35.5. The highest BCUT2D eigenvalue weighted by Crippen LogP contribution is 2.38. The Morgan fingerprint density at radius 2 is 2.21 bits per heavy atom. The third-order valence-electron chi connectivity index (χ3n) is 4.38. The molecule has 0 N–H and O–H groups in total. The largest absolute Gasteiger partial charge is 0.330 e. The molecule has 1 atom stereocenters. The molecular formula is C18H23ClN4O. The van der Waals surface area contributed by atoms with Gasteiger partial charge in [0.1, 0.15) is 10.8 Å². The van der Waals surface area contributed by atoms with Gasteiger partial charge in [0.25, 0.3) is 5.91 Å². The molecule has 2 aromatic rings. The smallest absolute Gasteiger partial charge is 0.272 e. The minimum absolute atomic E-state index is 0.0204. The van der Waals surface area contributed by atoms with Gasteiger partial charge in [-0.3, -0.25) is 14.5 Å². The van der Waals surface area contributed by atoms with Gasteiger partial charge in [0.05, 0.1) is 11.7 Å². The SMILES string of the molecule is Cc1nn(CC(C)C)c(Cl)c1[C@@H]1CCCN1C(=O)c1ccccn1. The zero-order valence-corrected chi connectivity index (χ0v) is 15.1. The van der Waals surface area contributed by atoms with Crippen LogP contribution >= 0.6 is 11.6 Å². The Kier molecular flexibility index (Phi) is 4.90. The number of aromatic nitrogens is 3. The lowest BCUT2D eigenvalue weighted by Crippen LogP contribution is -2.31. The van der Waals surface area contributed by atoms with Gasteiger partial charge in [-0.25, -0.2) is 0 Å². The number of likely N-dealkylation sites (tertiary alicyclic amines) is 1. The molecule has 0 saturated carbocycles. The van der Waals surface area contributed by atoms with E-state index < -0.39 is 0 Å². The molecule has 1 aliphatic rings. The van der Waals surface area contributed by atoms with Crippen LogP contribution in [0.5, 0.6) is 0 Å². The number of carbonyl (C=O) groups is 1. The van der Waals surface area contributed by atoms with Crippen LogP contribution in [0.15, 0.2) is 24.4 Å². The molecule has 0 bridgehead atoms. The first-order chi connectivity index (χ1) is 11.5. The first-order valence-electron chi connectivity index (χ1n) is 8.43. The molecule has 128 valence electrons. The molecule has 24 heavy (non-hydrogen) atoms. The zero-order valence-electron chi connectivity index (χ0n) is 14.4. The monoisotopic (exact) mass is 346 g/mol. The van der Waals surface area contributed by atoms with Crippen LogP contribution in [0, 0.1) is 12.8 Å². The molecule has 3 heterocycles. The van der Waals surface area contributed by atoms with Gasteiger partial charge in [0.2, 0.25) is 0 Å². The predicted octanol–water partition coefficient (Wildman–Crippen LogP) is 3.87. The second-order valence-corrected chi connectivity index (χ2v) is 7.10. The van der Waals surface area contributed by atoms with Crippen LogP contribution in [0.4, 0.5) is 0 Å². The first kappa shape index (κ1) is 17.0. The van der Waals surface area contributed by atoms with E-state index in [1.54, 1.807) is 12.3 Å². The summed E-state index contributed by atoms with van der Waals surface area (Å²) in [6.45, 7) is 7.75. The number of hydrogen-bond acceptors (Lipinski definition) is 3. The number of hydrogen-bond donors (Lipinski definition) is 0. The van der Waals surface area contributed by atoms with Crippen molar-refractivity contribution in [3.05, 3.63) is 46.5 Å². The van der Waals surface area contributed by atoms with Gasteiger partial charge in [-0.1, -0.05) is 31.5 Å². The molecule has 5 nitrogen and oxygen atoms in total. The van der Waals surface area contributed by atoms with Crippen LogP contribution in [-0.4, -0.2) is 32.1 Å². The maximum absolute atomic E-state index is 12.8. The standard InChI is InChI=1S/C18H23ClN4O/c1-12(2)11-23-17(19)16(13(3)21-23)15-8-6-10-22(15)18(24)14-7-4-5-9-20-14/h4-5,7,9,12,15H,6,8,10-11H2,1-3H3/t15-/m0/s1. The van der Waals surface area contributed by atoms with Gasteiger partial charge in [-0.05, 0) is 37.8 Å². The van der Waals surface area contributed by atoms with E-state index >= 15 is 0 Å². The van der Waals surface area contributed by atoms with Crippen molar-refractivity contribution in [3.8, 4) is 0 Å². The van der Waals surface area contributed by atoms with E-state index in [4.69, 9.17) is 11.6 Å². The van der Waals surface area contributed by atoms with Crippen molar-refractivity contribution in [3.63, 3.8) is 0 Å². The third kappa shape index (κ3) is 3.18. The first-order valence-corrected chi connectivity index (χ1v) is 8.81. The summed E-state index contributed by atoms with van der Waals surface area (Å²) >= 11 is 6.62. The van der Waals surface area contributed by atoms with Crippen molar-refractivity contribution in [2.45, 2.75) is 46.2 Å². The van der Waals surface area contributed by atoms with Crippen LogP contribution in [0.1, 0.15) is 54.5 Å². The van der Waals surface area contributed by atoms with Crippen molar-refractivity contribution >= 4 is 17.5 Å². The van der Waals surface area contributed by atoms with Crippen molar-refractivity contribution < 1.29 is 4.79 Å². The summed E-state index contributed by atoms with van der Waals surface area (Å²) in [4.78, 5) is 18.9. The summed E-state index contributed by atoms with van der Waals surface area (Å²) in [5.74, 6) is 0.426. The lowest BCUT2D eigenvalue weighted by Gasteiger charge is -2.24. The number of halogens is 1. The summed E-state index contributed by atoms with van der Waals surface area (Å²) in [7, 11) is 0.